The van der Waals surface area contributed by atoms with Gasteiger partial charge in [-0.15, -0.1) is 0 Å². The summed E-state index contributed by atoms with van der Waals surface area (Å²) in [5.41, 5.74) is 2.67. The van der Waals surface area contributed by atoms with Crippen molar-refractivity contribution in [2.24, 2.45) is 0 Å². The molecule has 5 heteroatoms. The molecule has 0 unspecified atom stereocenters. The maximum Gasteiger partial charge on any atom is 0.203 e. The predicted molar refractivity (Wildman–Crippen MR) is 93.0 cm³/mol. The summed E-state index contributed by atoms with van der Waals surface area (Å²) < 4.78 is 9.80. The molecular formula is C18H20ClN3O. The van der Waals surface area contributed by atoms with Crippen molar-refractivity contribution >= 4 is 22.6 Å². The zero-order valence-electron chi connectivity index (χ0n) is 13.1. The zero-order chi connectivity index (χ0) is 16.2. The third-order valence-corrected chi connectivity index (χ3v) is 4.14. The predicted octanol–water partition coefficient (Wildman–Crippen LogP) is 4.06. The summed E-state index contributed by atoms with van der Waals surface area (Å²) in [6, 6.07) is 15.6. The van der Waals surface area contributed by atoms with E-state index in [2.05, 4.69) is 19.1 Å². The van der Waals surface area contributed by atoms with Gasteiger partial charge in [0.2, 0.25) is 5.62 Å². The molecule has 1 aromatic heterocycles. The van der Waals surface area contributed by atoms with Crippen LogP contribution in [-0.2, 0) is 13.1 Å². The maximum absolute atomic E-state index is 8.45. The third-order valence-electron chi connectivity index (χ3n) is 3.83. The lowest BCUT2D eigenvalue weighted by Gasteiger charge is -2.09. The smallest absolute Gasteiger partial charge is 0.203 e. The highest BCUT2D eigenvalue weighted by Crippen LogP contribution is 2.23. The molecule has 0 radical (unpaired) electrons. The summed E-state index contributed by atoms with van der Waals surface area (Å²) in [4.78, 5) is 0. The van der Waals surface area contributed by atoms with Crippen LogP contribution >= 0.6 is 11.6 Å². The first-order valence-corrected chi connectivity index (χ1v) is 8.20. The van der Waals surface area contributed by atoms with E-state index in [-0.39, 0.29) is 0 Å². The number of hydrogen-bond donors (Lipinski definition) is 1. The van der Waals surface area contributed by atoms with E-state index in [1.165, 1.54) is 0 Å². The number of fused-ring (bicyclic) bond motifs is 1. The van der Waals surface area contributed by atoms with Crippen LogP contribution in [0.25, 0.3) is 11.0 Å². The fraction of sp³-hybridized carbons (Fsp3) is 0.278. The number of halogens is 1. The van der Waals surface area contributed by atoms with Crippen molar-refractivity contribution in [2.75, 3.05) is 6.61 Å². The fourth-order valence-electron chi connectivity index (χ4n) is 2.78. The summed E-state index contributed by atoms with van der Waals surface area (Å²) in [6.07, 6.45) is 1.00. The van der Waals surface area contributed by atoms with Crippen LogP contribution in [0.2, 0.25) is 5.02 Å². The van der Waals surface area contributed by atoms with Crippen molar-refractivity contribution in [1.29, 1.82) is 5.41 Å². The Kier molecular flexibility index (Phi) is 4.72. The Morgan fingerprint density at radius 2 is 1.57 bits per heavy atom. The summed E-state index contributed by atoms with van der Waals surface area (Å²) >= 11 is 6.10. The van der Waals surface area contributed by atoms with E-state index < -0.39 is 0 Å². The Morgan fingerprint density at radius 1 is 0.957 bits per heavy atom. The first kappa shape index (κ1) is 15.7. The summed E-state index contributed by atoms with van der Waals surface area (Å²) in [7, 11) is 0. The largest absolute Gasteiger partial charge is 0.490 e. The minimum Gasteiger partial charge on any atom is -0.490 e. The molecule has 0 atom stereocenters. The zero-order valence-corrected chi connectivity index (χ0v) is 13.9. The Labute approximate surface area is 140 Å². The number of para-hydroxylation sites is 3. The molecule has 0 fully saturated rings. The van der Waals surface area contributed by atoms with Crippen LogP contribution in [0.4, 0.5) is 0 Å². The van der Waals surface area contributed by atoms with Crippen LogP contribution in [0, 0.1) is 5.41 Å². The molecule has 4 nitrogen and oxygen atoms in total. The van der Waals surface area contributed by atoms with Gasteiger partial charge in [0.1, 0.15) is 12.4 Å². The Morgan fingerprint density at radius 3 is 2.22 bits per heavy atom. The number of ether oxygens (including phenoxy) is 1. The molecule has 3 rings (SSSR count). The fourth-order valence-corrected chi connectivity index (χ4v) is 2.97. The monoisotopic (exact) mass is 329 g/mol. The highest BCUT2D eigenvalue weighted by Gasteiger charge is 2.10. The second kappa shape index (κ2) is 6.92. The van der Waals surface area contributed by atoms with Gasteiger partial charge in [0.25, 0.3) is 0 Å². The van der Waals surface area contributed by atoms with Crippen molar-refractivity contribution in [2.45, 2.75) is 26.4 Å². The average Bonchev–Trinajstić information content (AvgIpc) is 2.83. The lowest BCUT2D eigenvalue weighted by molar-refractivity contribution is 0.296. The normalized spacial score (nSPS) is 11.0. The topological polar surface area (TPSA) is 42.9 Å². The van der Waals surface area contributed by atoms with Crippen LogP contribution in [0.5, 0.6) is 5.75 Å². The molecule has 3 aromatic rings. The van der Waals surface area contributed by atoms with Crippen LogP contribution in [-0.4, -0.2) is 15.7 Å². The van der Waals surface area contributed by atoms with E-state index in [0.717, 1.165) is 24.0 Å². The molecule has 0 aliphatic rings. The Balaban J connectivity index is 1.84. The second-order valence-electron chi connectivity index (χ2n) is 5.39. The van der Waals surface area contributed by atoms with Gasteiger partial charge >= 0.3 is 0 Å². The minimum atomic E-state index is 0.473. The van der Waals surface area contributed by atoms with Gasteiger partial charge in [0.15, 0.2) is 0 Å². The minimum absolute atomic E-state index is 0.473. The summed E-state index contributed by atoms with van der Waals surface area (Å²) in [5.74, 6) is 0.679. The molecule has 0 spiro atoms. The number of rotatable bonds is 6. The molecule has 2 aromatic carbocycles. The van der Waals surface area contributed by atoms with Crippen molar-refractivity contribution in [3.63, 3.8) is 0 Å². The van der Waals surface area contributed by atoms with Crippen molar-refractivity contribution in [3.8, 4) is 5.75 Å². The molecule has 23 heavy (non-hydrogen) atoms. The quantitative estimate of drug-likeness (QED) is 0.728. The lowest BCUT2D eigenvalue weighted by atomic mass is 10.3. The van der Waals surface area contributed by atoms with Gasteiger partial charge in [-0.05, 0) is 30.7 Å². The number of nitrogens with zero attached hydrogens (tertiary/aromatic N) is 2. The molecular weight excluding hydrogens is 310 g/mol. The molecule has 120 valence electrons. The van der Waals surface area contributed by atoms with E-state index in [0.29, 0.717) is 29.5 Å². The van der Waals surface area contributed by atoms with Gasteiger partial charge in [-0.25, -0.2) is 0 Å². The molecule has 0 saturated carbocycles. The lowest BCUT2D eigenvalue weighted by Crippen LogP contribution is -2.26. The number of nitrogens with one attached hydrogen (secondary N) is 1. The average molecular weight is 330 g/mol. The standard InChI is InChI=1S/C18H20ClN3O/c1-2-11-21-15-8-4-5-9-16(15)22(18(21)20)12-13-23-17-10-6-3-7-14(17)19/h3-10,20H,2,11-13H2,1H3. The third kappa shape index (κ3) is 3.13. The molecule has 0 aliphatic heterocycles. The van der Waals surface area contributed by atoms with Gasteiger partial charge < -0.3 is 13.9 Å². The SMILES string of the molecule is CCCn1c(=N)n(CCOc2ccccc2Cl)c2ccccc21. The molecule has 0 bridgehead atoms. The van der Waals surface area contributed by atoms with E-state index in [1.54, 1.807) is 0 Å². The van der Waals surface area contributed by atoms with Gasteiger partial charge in [-0.3, -0.25) is 5.41 Å². The van der Waals surface area contributed by atoms with Gasteiger partial charge in [0, 0.05) is 6.54 Å². The first-order chi connectivity index (χ1) is 11.2. The Bertz CT molecular complexity index is 866. The number of imidazole rings is 1. The molecule has 0 amide bonds. The summed E-state index contributed by atoms with van der Waals surface area (Å²) in [6.45, 7) is 4.05. The van der Waals surface area contributed by atoms with Gasteiger partial charge in [-0.2, -0.15) is 0 Å². The summed E-state index contributed by atoms with van der Waals surface area (Å²) in [5, 5.41) is 9.06. The van der Waals surface area contributed by atoms with E-state index in [9.17, 15) is 0 Å². The van der Waals surface area contributed by atoms with Crippen LogP contribution in [0.15, 0.2) is 48.5 Å². The van der Waals surface area contributed by atoms with E-state index in [1.807, 2.05) is 45.5 Å². The molecule has 0 saturated heterocycles. The number of aryl methyl sites for hydroxylation is 1. The van der Waals surface area contributed by atoms with Gasteiger partial charge in [0.05, 0.1) is 22.6 Å². The highest BCUT2D eigenvalue weighted by molar-refractivity contribution is 6.32. The second-order valence-corrected chi connectivity index (χ2v) is 5.80. The van der Waals surface area contributed by atoms with Crippen LogP contribution < -0.4 is 10.4 Å². The molecule has 1 heterocycles. The van der Waals surface area contributed by atoms with Crippen molar-refractivity contribution in [3.05, 3.63) is 59.2 Å². The molecule has 0 aliphatic carbocycles. The van der Waals surface area contributed by atoms with Crippen LogP contribution in [0.3, 0.4) is 0 Å². The van der Waals surface area contributed by atoms with E-state index in [4.69, 9.17) is 21.7 Å². The maximum atomic E-state index is 8.45. The number of aromatic nitrogens is 2. The van der Waals surface area contributed by atoms with E-state index >= 15 is 0 Å². The Hall–Kier alpha value is -2.20. The van der Waals surface area contributed by atoms with Crippen molar-refractivity contribution < 1.29 is 4.74 Å². The number of hydrogen-bond acceptors (Lipinski definition) is 2. The molecule has 1 N–H and O–H groups in total. The first-order valence-electron chi connectivity index (χ1n) is 7.82. The van der Waals surface area contributed by atoms with Crippen LogP contribution in [0.1, 0.15) is 13.3 Å². The van der Waals surface area contributed by atoms with Gasteiger partial charge in [-0.1, -0.05) is 42.8 Å². The highest BCUT2D eigenvalue weighted by atomic mass is 35.5. The van der Waals surface area contributed by atoms with Crippen molar-refractivity contribution in [1.82, 2.24) is 9.13 Å². The number of benzene rings is 2.